The van der Waals surface area contributed by atoms with E-state index in [1.165, 1.54) is 0 Å². The lowest BCUT2D eigenvalue weighted by Gasteiger charge is -2.30. The van der Waals surface area contributed by atoms with Crippen molar-refractivity contribution in [2.45, 2.75) is 12.1 Å². The molecule has 0 aromatic heterocycles. The molecule has 2 aromatic carbocycles. The number of fused-ring (bicyclic) bond motifs is 3. The number of nitrogens with zero attached hydrogens (tertiary/aromatic N) is 3. The third kappa shape index (κ3) is 2.96. The first-order valence-corrected chi connectivity index (χ1v) is 10.2. The Morgan fingerprint density at radius 1 is 1.06 bits per heavy atom. The van der Waals surface area contributed by atoms with Gasteiger partial charge in [-0.2, -0.15) is 5.10 Å². The Balaban J connectivity index is 1.56. The second-order valence-electron chi connectivity index (χ2n) is 7.60. The number of ketones is 1. The van der Waals surface area contributed by atoms with Crippen LogP contribution in [0, 0.1) is 11.8 Å². The first-order valence-electron chi connectivity index (χ1n) is 9.82. The van der Waals surface area contributed by atoms with Crippen LogP contribution < -0.4 is 9.64 Å². The van der Waals surface area contributed by atoms with Crippen LogP contribution >= 0.6 is 11.6 Å². The Bertz CT molecular complexity index is 1140. The highest BCUT2D eigenvalue weighted by atomic mass is 35.5. The molecule has 31 heavy (non-hydrogen) atoms. The number of Topliss-reactive ketones (excluding diaryl/α,β-unsaturated/α-hetero) is 1. The minimum Gasteiger partial charge on any atom is -0.497 e. The van der Waals surface area contributed by atoms with Crippen molar-refractivity contribution in [2.75, 3.05) is 12.0 Å². The molecule has 2 amide bonds. The van der Waals surface area contributed by atoms with Crippen LogP contribution in [0.15, 0.2) is 65.8 Å². The molecule has 3 heterocycles. The molecule has 3 aliphatic rings. The minimum atomic E-state index is -0.884. The molecule has 0 saturated carbocycles. The second-order valence-corrected chi connectivity index (χ2v) is 8.04. The van der Waals surface area contributed by atoms with E-state index < -0.39 is 29.8 Å². The minimum absolute atomic E-state index is 0.262. The molecular weight excluding hydrogens is 418 g/mol. The maximum absolute atomic E-state index is 13.5. The van der Waals surface area contributed by atoms with E-state index in [0.29, 0.717) is 22.0 Å². The van der Waals surface area contributed by atoms with Gasteiger partial charge < -0.3 is 4.74 Å². The van der Waals surface area contributed by atoms with Crippen LogP contribution in [0.25, 0.3) is 0 Å². The average molecular weight is 436 g/mol. The number of methoxy groups -OCH3 is 1. The van der Waals surface area contributed by atoms with Crippen molar-refractivity contribution < 1.29 is 19.1 Å². The molecule has 3 aliphatic heterocycles. The Morgan fingerprint density at radius 3 is 2.52 bits per heavy atom. The van der Waals surface area contributed by atoms with Gasteiger partial charge in [0.25, 0.3) is 0 Å². The summed E-state index contributed by atoms with van der Waals surface area (Å²) >= 11 is 6.08. The predicted molar refractivity (Wildman–Crippen MR) is 115 cm³/mol. The van der Waals surface area contributed by atoms with Crippen molar-refractivity contribution in [2.24, 2.45) is 16.9 Å². The quantitative estimate of drug-likeness (QED) is 0.545. The molecule has 0 radical (unpaired) electrons. The van der Waals surface area contributed by atoms with Crippen LogP contribution in [-0.4, -0.2) is 48.0 Å². The first-order chi connectivity index (χ1) is 15.0. The van der Waals surface area contributed by atoms with Gasteiger partial charge in [0.1, 0.15) is 11.8 Å². The van der Waals surface area contributed by atoms with E-state index in [1.807, 2.05) is 6.08 Å². The molecule has 5 rings (SSSR count). The van der Waals surface area contributed by atoms with Crippen molar-refractivity contribution in [1.82, 2.24) is 5.01 Å². The summed E-state index contributed by atoms with van der Waals surface area (Å²) in [7, 11) is 1.55. The zero-order chi connectivity index (χ0) is 21.7. The van der Waals surface area contributed by atoms with Gasteiger partial charge >= 0.3 is 0 Å². The number of ether oxygens (including phenoxy) is 1. The summed E-state index contributed by atoms with van der Waals surface area (Å²) in [4.78, 5) is 41.5. The Hall–Kier alpha value is -3.45. The molecule has 7 nitrogen and oxygen atoms in total. The lowest BCUT2D eigenvalue weighted by atomic mass is 9.86. The van der Waals surface area contributed by atoms with E-state index in [0.717, 1.165) is 4.90 Å². The summed E-state index contributed by atoms with van der Waals surface area (Å²) in [5.41, 5.74) is 0.832. The summed E-state index contributed by atoms with van der Waals surface area (Å²) in [5, 5.41) is 6.36. The number of hydrazone groups is 1. The van der Waals surface area contributed by atoms with Crippen molar-refractivity contribution in [3.63, 3.8) is 0 Å². The standard InChI is InChI=1S/C23H18ClN3O4/c1-31-16-9-7-13(8-10-16)21(28)20-19-18(17-6-3-11-25-27(17)20)22(29)26(23(19)30)15-5-2-4-14(24)12-15/h2-12,17-20H,1H3/t17-,18-,19-,20+/m0/s1. The Morgan fingerprint density at radius 2 is 1.81 bits per heavy atom. The largest absolute Gasteiger partial charge is 0.497 e. The molecule has 156 valence electrons. The monoisotopic (exact) mass is 435 g/mol. The SMILES string of the molecule is COc1ccc(C(=O)[C@H]2[C@H]3C(=O)N(c4cccc(Cl)c4)C(=O)[C@H]3[C@@H]3C=CC=NN32)cc1. The van der Waals surface area contributed by atoms with Crippen molar-refractivity contribution >= 4 is 41.1 Å². The van der Waals surface area contributed by atoms with Crippen LogP contribution in [-0.2, 0) is 9.59 Å². The highest BCUT2D eigenvalue weighted by Gasteiger charge is 2.64. The van der Waals surface area contributed by atoms with Gasteiger partial charge in [0.05, 0.1) is 30.7 Å². The van der Waals surface area contributed by atoms with Crippen LogP contribution in [0.4, 0.5) is 5.69 Å². The number of carbonyl (C=O) groups excluding carboxylic acids is 3. The summed E-state index contributed by atoms with van der Waals surface area (Å²) < 4.78 is 5.16. The van der Waals surface area contributed by atoms with Gasteiger partial charge in [0.15, 0.2) is 5.78 Å². The van der Waals surface area contributed by atoms with Crippen molar-refractivity contribution in [3.05, 3.63) is 71.3 Å². The van der Waals surface area contributed by atoms with Crippen molar-refractivity contribution in [1.29, 1.82) is 0 Å². The van der Waals surface area contributed by atoms with Gasteiger partial charge in [0, 0.05) is 16.8 Å². The number of anilines is 1. The zero-order valence-electron chi connectivity index (χ0n) is 16.5. The third-order valence-electron chi connectivity index (χ3n) is 6.00. The maximum atomic E-state index is 13.5. The fourth-order valence-electron chi connectivity index (χ4n) is 4.63. The van der Waals surface area contributed by atoms with Gasteiger partial charge in [-0.25, -0.2) is 4.90 Å². The van der Waals surface area contributed by atoms with Gasteiger partial charge in [0.2, 0.25) is 11.8 Å². The van der Waals surface area contributed by atoms with Gasteiger partial charge in [-0.3, -0.25) is 19.4 Å². The first kappa shape index (κ1) is 19.5. The molecule has 0 N–H and O–H groups in total. The topological polar surface area (TPSA) is 79.3 Å². The fourth-order valence-corrected chi connectivity index (χ4v) is 4.82. The van der Waals surface area contributed by atoms with E-state index in [-0.39, 0.29) is 11.7 Å². The van der Waals surface area contributed by atoms with Gasteiger partial charge in [-0.1, -0.05) is 23.7 Å². The summed E-state index contributed by atoms with van der Waals surface area (Å²) in [6, 6.07) is 11.9. The number of carbonyl (C=O) groups is 3. The smallest absolute Gasteiger partial charge is 0.240 e. The molecule has 2 fully saturated rings. The lowest BCUT2D eigenvalue weighted by molar-refractivity contribution is -0.123. The van der Waals surface area contributed by atoms with Crippen LogP contribution in [0.2, 0.25) is 5.02 Å². The molecule has 0 aliphatic carbocycles. The van der Waals surface area contributed by atoms with E-state index in [9.17, 15) is 14.4 Å². The lowest BCUT2D eigenvalue weighted by Crippen LogP contribution is -2.46. The Kier molecular flexibility index (Phi) is 4.63. The molecule has 2 saturated heterocycles. The highest BCUT2D eigenvalue weighted by Crippen LogP contribution is 2.46. The summed E-state index contributed by atoms with van der Waals surface area (Å²) in [6.45, 7) is 0. The van der Waals surface area contributed by atoms with Crippen LogP contribution in [0.3, 0.4) is 0 Å². The van der Waals surface area contributed by atoms with Crippen LogP contribution in [0.1, 0.15) is 10.4 Å². The molecule has 0 unspecified atom stereocenters. The number of allylic oxidation sites excluding steroid dienone is 1. The fraction of sp³-hybridized carbons (Fsp3) is 0.217. The van der Waals surface area contributed by atoms with E-state index in [4.69, 9.17) is 16.3 Å². The summed E-state index contributed by atoms with van der Waals surface area (Å²) in [6.07, 6.45) is 5.12. The van der Waals surface area contributed by atoms with E-state index >= 15 is 0 Å². The highest BCUT2D eigenvalue weighted by molar-refractivity contribution is 6.31. The second kappa shape index (κ2) is 7.35. The normalized spacial score (nSPS) is 26.3. The van der Waals surface area contributed by atoms with Gasteiger partial charge in [-0.15, -0.1) is 0 Å². The predicted octanol–water partition coefficient (Wildman–Crippen LogP) is 2.95. The number of halogens is 1. The number of imide groups is 1. The number of hydrogen-bond acceptors (Lipinski definition) is 6. The van der Waals surface area contributed by atoms with E-state index in [1.54, 1.807) is 72.9 Å². The van der Waals surface area contributed by atoms with Crippen molar-refractivity contribution in [3.8, 4) is 5.75 Å². The zero-order valence-corrected chi connectivity index (χ0v) is 17.3. The van der Waals surface area contributed by atoms with Crippen LogP contribution in [0.5, 0.6) is 5.75 Å². The van der Waals surface area contributed by atoms with E-state index in [2.05, 4.69) is 5.10 Å². The average Bonchev–Trinajstić information content (AvgIpc) is 3.26. The number of benzene rings is 2. The number of rotatable bonds is 4. The van der Waals surface area contributed by atoms with Gasteiger partial charge in [-0.05, 0) is 48.5 Å². The molecule has 2 aromatic rings. The number of amides is 2. The molecule has 0 spiro atoms. The third-order valence-corrected chi connectivity index (χ3v) is 6.24. The number of hydrogen-bond donors (Lipinski definition) is 0. The molecule has 4 atom stereocenters. The molecule has 0 bridgehead atoms. The Labute approximate surface area is 183 Å². The summed E-state index contributed by atoms with van der Waals surface area (Å²) in [5.74, 6) is -1.95. The molecule has 8 heteroatoms. The molecular formula is C23H18ClN3O4. The maximum Gasteiger partial charge on any atom is 0.240 e.